The van der Waals surface area contributed by atoms with E-state index in [0.29, 0.717) is 23.1 Å². The Bertz CT molecular complexity index is 1290. The number of H-pyrrole nitrogens is 1. The molecule has 0 radical (unpaired) electrons. The SMILES string of the molecule is CC(=N)/C=C(/NCc1ccc(Cl)cc1)c1nc(C)c(-c2ccc3c(c2)c(C)nn3C)[nH]1. The average Bonchev–Trinajstić information content (AvgIpc) is 3.25. The number of allylic oxidation sites excluding steroid dienone is 1. The maximum absolute atomic E-state index is 7.94. The van der Waals surface area contributed by atoms with Gasteiger partial charge in [0.2, 0.25) is 0 Å². The summed E-state index contributed by atoms with van der Waals surface area (Å²) in [5.74, 6) is 0.705. The Balaban J connectivity index is 1.66. The summed E-state index contributed by atoms with van der Waals surface area (Å²) in [6.07, 6.45) is 1.78. The van der Waals surface area contributed by atoms with E-state index in [1.807, 2.05) is 49.8 Å². The summed E-state index contributed by atoms with van der Waals surface area (Å²) in [5.41, 5.74) is 7.34. The predicted molar refractivity (Wildman–Crippen MR) is 127 cm³/mol. The highest BCUT2D eigenvalue weighted by Crippen LogP contribution is 2.28. The lowest BCUT2D eigenvalue weighted by Crippen LogP contribution is -2.14. The van der Waals surface area contributed by atoms with Gasteiger partial charge in [-0.25, -0.2) is 4.98 Å². The number of hydrogen-bond acceptors (Lipinski definition) is 4. The van der Waals surface area contributed by atoms with Crippen LogP contribution in [0.2, 0.25) is 5.02 Å². The van der Waals surface area contributed by atoms with Crippen LogP contribution in [0.3, 0.4) is 0 Å². The van der Waals surface area contributed by atoms with Crippen molar-refractivity contribution in [1.82, 2.24) is 25.1 Å². The normalized spacial score (nSPS) is 11.8. The standard InChI is InChI=1S/C24H25ClN6/c1-14(26)11-21(27-13-17-5-8-19(25)9-6-17)24-28-16(3)23(29-24)18-7-10-22-20(12-18)15(2)30-31(22)4/h5-12,26-27H,13H2,1-4H3,(H,28,29)/b21-11+,26-14?. The van der Waals surface area contributed by atoms with Crippen molar-refractivity contribution >= 4 is 33.9 Å². The van der Waals surface area contributed by atoms with Gasteiger partial charge >= 0.3 is 0 Å². The molecule has 158 valence electrons. The van der Waals surface area contributed by atoms with Gasteiger partial charge in [-0.1, -0.05) is 29.8 Å². The molecule has 0 atom stereocenters. The first kappa shape index (κ1) is 20.9. The lowest BCUT2D eigenvalue weighted by molar-refractivity contribution is 0.783. The van der Waals surface area contributed by atoms with Crippen LogP contribution in [0.15, 0.2) is 48.5 Å². The summed E-state index contributed by atoms with van der Waals surface area (Å²) in [5, 5.41) is 17.7. The van der Waals surface area contributed by atoms with E-state index in [-0.39, 0.29) is 0 Å². The van der Waals surface area contributed by atoms with Crippen molar-refractivity contribution < 1.29 is 0 Å². The van der Waals surface area contributed by atoms with Crippen LogP contribution >= 0.6 is 11.6 Å². The molecule has 2 aromatic carbocycles. The van der Waals surface area contributed by atoms with Crippen molar-refractivity contribution in [2.75, 3.05) is 0 Å². The highest BCUT2D eigenvalue weighted by atomic mass is 35.5. The molecule has 0 saturated carbocycles. The van der Waals surface area contributed by atoms with Gasteiger partial charge in [-0.3, -0.25) is 4.68 Å². The van der Waals surface area contributed by atoms with Gasteiger partial charge in [-0.05, 0) is 56.7 Å². The molecule has 4 rings (SSSR count). The molecule has 4 aromatic rings. The van der Waals surface area contributed by atoms with E-state index in [9.17, 15) is 0 Å². The first-order chi connectivity index (χ1) is 14.8. The second-order valence-electron chi connectivity index (χ2n) is 7.71. The molecule has 0 aliphatic heterocycles. The number of aromatic amines is 1. The third-order valence-corrected chi connectivity index (χ3v) is 5.47. The van der Waals surface area contributed by atoms with E-state index in [4.69, 9.17) is 22.0 Å². The maximum Gasteiger partial charge on any atom is 0.154 e. The number of hydrogen-bond donors (Lipinski definition) is 3. The molecule has 7 heteroatoms. The fraction of sp³-hybridized carbons (Fsp3) is 0.208. The van der Waals surface area contributed by atoms with Crippen LogP contribution in [0.25, 0.3) is 27.9 Å². The van der Waals surface area contributed by atoms with Crippen molar-refractivity contribution in [3.63, 3.8) is 0 Å². The summed E-state index contributed by atoms with van der Waals surface area (Å²) in [6, 6.07) is 14.0. The number of halogens is 1. The van der Waals surface area contributed by atoms with Crippen LogP contribution in [0, 0.1) is 19.3 Å². The molecule has 0 unspecified atom stereocenters. The third kappa shape index (κ3) is 4.39. The smallest absolute Gasteiger partial charge is 0.154 e. The van der Waals surface area contributed by atoms with Crippen LogP contribution in [-0.2, 0) is 13.6 Å². The Kier molecular flexibility index (Phi) is 5.65. The zero-order chi connectivity index (χ0) is 22.1. The number of benzene rings is 2. The molecule has 0 bridgehead atoms. The van der Waals surface area contributed by atoms with Crippen LogP contribution in [-0.4, -0.2) is 25.5 Å². The quantitative estimate of drug-likeness (QED) is 0.356. The topological polar surface area (TPSA) is 82.4 Å². The van der Waals surface area contributed by atoms with E-state index < -0.39 is 0 Å². The average molecular weight is 433 g/mol. The summed E-state index contributed by atoms with van der Waals surface area (Å²) in [4.78, 5) is 8.20. The maximum atomic E-state index is 7.94. The summed E-state index contributed by atoms with van der Waals surface area (Å²) in [7, 11) is 1.96. The van der Waals surface area contributed by atoms with Gasteiger partial charge in [-0.15, -0.1) is 0 Å². The van der Waals surface area contributed by atoms with Gasteiger partial charge in [0.25, 0.3) is 0 Å². The second kappa shape index (κ2) is 8.40. The first-order valence-corrected chi connectivity index (χ1v) is 10.5. The number of imidazole rings is 1. The van der Waals surface area contributed by atoms with Gasteiger partial charge in [0.1, 0.15) is 0 Å². The summed E-state index contributed by atoms with van der Waals surface area (Å²) in [6.45, 7) is 6.36. The van der Waals surface area contributed by atoms with Crippen molar-refractivity contribution in [3.8, 4) is 11.3 Å². The first-order valence-electron chi connectivity index (χ1n) is 10.1. The Hall–Kier alpha value is -3.38. The monoisotopic (exact) mass is 432 g/mol. The molecule has 0 fully saturated rings. The number of nitrogens with zero attached hydrogens (tertiary/aromatic N) is 3. The van der Waals surface area contributed by atoms with E-state index in [1.54, 1.807) is 13.0 Å². The molecule has 0 aliphatic carbocycles. The lowest BCUT2D eigenvalue weighted by Gasteiger charge is -2.09. The van der Waals surface area contributed by atoms with E-state index >= 15 is 0 Å². The van der Waals surface area contributed by atoms with Gasteiger partial charge < -0.3 is 15.7 Å². The van der Waals surface area contributed by atoms with Gasteiger partial charge in [0, 0.05) is 35.3 Å². The minimum absolute atomic E-state index is 0.446. The molecule has 6 nitrogen and oxygen atoms in total. The molecular weight excluding hydrogens is 408 g/mol. The molecule has 2 aromatic heterocycles. The second-order valence-corrected chi connectivity index (χ2v) is 8.14. The lowest BCUT2D eigenvalue weighted by atomic mass is 10.1. The molecule has 0 spiro atoms. The fourth-order valence-corrected chi connectivity index (χ4v) is 3.81. The minimum atomic E-state index is 0.446. The zero-order valence-corrected chi connectivity index (χ0v) is 18.8. The van der Waals surface area contributed by atoms with Crippen LogP contribution < -0.4 is 5.32 Å². The molecule has 3 N–H and O–H groups in total. The fourth-order valence-electron chi connectivity index (χ4n) is 3.68. The Labute approximate surface area is 186 Å². The highest BCUT2D eigenvalue weighted by Gasteiger charge is 2.14. The van der Waals surface area contributed by atoms with E-state index in [2.05, 4.69) is 33.6 Å². The van der Waals surface area contributed by atoms with Gasteiger partial charge in [0.15, 0.2) is 5.82 Å². The molecule has 0 amide bonds. The Morgan fingerprint density at radius 2 is 1.90 bits per heavy atom. The van der Waals surface area contributed by atoms with Crippen molar-refractivity contribution in [2.24, 2.45) is 7.05 Å². The van der Waals surface area contributed by atoms with Crippen LogP contribution in [0.4, 0.5) is 0 Å². The Morgan fingerprint density at radius 3 is 2.61 bits per heavy atom. The number of fused-ring (bicyclic) bond motifs is 1. The van der Waals surface area contributed by atoms with Crippen molar-refractivity contribution in [2.45, 2.75) is 27.3 Å². The van der Waals surface area contributed by atoms with Crippen LogP contribution in [0.1, 0.15) is 29.7 Å². The van der Waals surface area contributed by atoms with Gasteiger partial charge in [0.05, 0.1) is 28.3 Å². The Morgan fingerprint density at radius 1 is 1.16 bits per heavy atom. The number of nitrogens with one attached hydrogen (secondary N) is 3. The zero-order valence-electron chi connectivity index (χ0n) is 18.0. The van der Waals surface area contributed by atoms with Crippen LogP contribution in [0.5, 0.6) is 0 Å². The van der Waals surface area contributed by atoms with Gasteiger partial charge in [-0.2, -0.15) is 5.10 Å². The van der Waals surface area contributed by atoms with Crippen molar-refractivity contribution in [1.29, 1.82) is 5.41 Å². The summed E-state index contributed by atoms with van der Waals surface area (Å²) >= 11 is 5.98. The summed E-state index contributed by atoms with van der Waals surface area (Å²) < 4.78 is 1.90. The highest BCUT2D eigenvalue weighted by molar-refractivity contribution is 6.30. The molecule has 0 saturated heterocycles. The largest absolute Gasteiger partial charge is 0.378 e. The molecule has 0 aliphatic rings. The molecule has 2 heterocycles. The number of aryl methyl sites for hydroxylation is 3. The van der Waals surface area contributed by atoms with Crippen molar-refractivity contribution in [3.05, 3.63) is 76.3 Å². The minimum Gasteiger partial charge on any atom is -0.378 e. The van der Waals surface area contributed by atoms with E-state index in [1.165, 1.54) is 0 Å². The van der Waals surface area contributed by atoms with E-state index in [0.717, 1.165) is 44.8 Å². The predicted octanol–water partition coefficient (Wildman–Crippen LogP) is 5.40. The molecular formula is C24H25ClN6. The molecule has 31 heavy (non-hydrogen) atoms. The number of aromatic nitrogens is 4. The third-order valence-electron chi connectivity index (χ3n) is 5.22. The number of rotatable bonds is 6.